The molecule has 2 aromatic rings. The Bertz CT molecular complexity index is 1130. The number of sulfonamides is 1. The van der Waals surface area contributed by atoms with E-state index in [-0.39, 0.29) is 11.5 Å². The fourth-order valence-electron chi connectivity index (χ4n) is 3.89. The van der Waals surface area contributed by atoms with Gasteiger partial charge in [0.25, 0.3) is 5.91 Å². The first-order valence-corrected chi connectivity index (χ1v) is 12.9. The summed E-state index contributed by atoms with van der Waals surface area (Å²) in [7, 11) is -3.78. The number of nitrogens with one attached hydrogen (secondary N) is 1. The average Bonchev–Trinajstić information content (AvgIpc) is 3.46. The van der Waals surface area contributed by atoms with Crippen LogP contribution in [0.2, 0.25) is 10.0 Å². The summed E-state index contributed by atoms with van der Waals surface area (Å²) in [5.41, 5.74) is 1.50. The number of hydrogen-bond acceptors (Lipinski definition) is 5. The Morgan fingerprint density at radius 3 is 2.41 bits per heavy atom. The van der Waals surface area contributed by atoms with Gasteiger partial charge in [-0.3, -0.25) is 9.69 Å². The molecule has 6 nitrogen and oxygen atoms in total. The van der Waals surface area contributed by atoms with Crippen LogP contribution in [0.1, 0.15) is 40.2 Å². The third-order valence-electron chi connectivity index (χ3n) is 5.48. The lowest BCUT2D eigenvalue weighted by atomic mass is 10.00. The first-order valence-electron chi connectivity index (χ1n) is 10.2. The summed E-state index contributed by atoms with van der Waals surface area (Å²) in [6.45, 7) is 2.84. The molecule has 4 rings (SSSR count). The van der Waals surface area contributed by atoms with E-state index in [9.17, 15) is 17.6 Å². The van der Waals surface area contributed by atoms with Crippen LogP contribution in [0.5, 0.6) is 5.75 Å². The molecule has 1 saturated carbocycles. The topological polar surface area (TPSA) is 75.7 Å². The van der Waals surface area contributed by atoms with Crippen molar-refractivity contribution >= 4 is 39.1 Å². The van der Waals surface area contributed by atoms with Gasteiger partial charge in [0.1, 0.15) is 11.6 Å². The van der Waals surface area contributed by atoms with E-state index in [1.54, 1.807) is 6.07 Å². The van der Waals surface area contributed by atoms with Crippen LogP contribution in [0.25, 0.3) is 0 Å². The van der Waals surface area contributed by atoms with Gasteiger partial charge < -0.3 is 4.74 Å². The van der Waals surface area contributed by atoms with Crippen LogP contribution < -0.4 is 9.46 Å². The predicted molar refractivity (Wildman–Crippen MR) is 121 cm³/mol. The minimum atomic E-state index is -3.78. The van der Waals surface area contributed by atoms with Gasteiger partial charge >= 0.3 is 0 Å². The molecule has 2 fully saturated rings. The molecule has 1 heterocycles. The molecule has 2 aliphatic rings. The first-order chi connectivity index (χ1) is 15.1. The third kappa shape index (κ3) is 5.92. The minimum absolute atomic E-state index is 0.195. The third-order valence-corrected chi connectivity index (χ3v) is 6.47. The second-order valence-electron chi connectivity index (χ2n) is 8.50. The summed E-state index contributed by atoms with van der Waals surface area (Å²) in [6, 6.07) is 8.09. The van der Waals surface area contributed by atoms with Crippen LogP contribution >= 0.6 is 23.2 Å². The van der Waals surface area contributed by atoms with Gasteiger partial charge in [0, 0.05) is 41.7 Å². The van der Waals surface area contributed by atoms with E-state index in [0.717, 1.165) is 49.9 Å². The number of carbonyl (C=O) groups excluding carboxylic acids is 1. The monoisotopic (exact) mass is 500 g/mol. The van der Waals surface area contributed by atoms with Gasteiger partial charge in [0.05, 0.1) is 18.4 Å². The molecule has 32 heavy (non-hydrogen) atoms. The summed E-state index contributed by atoms with van der Waals surface area (Å²) < 4.78 is 45.0. The first kappa shape index (κ1) is 23.3. The number of halogens is 3. The lowest BCUT2D eigenvalue weighted by Crippen LogP contribution is -2.48. The van der Waals surface area contributed by atoms with Crippen molar-refractivity contribution in [3.8, 4) is 5.75 Å². The molecule has 1 amide bonds. The molecule has 172 valence electrons. The van der Waals surface area contributed by atoms with Crippen molar-refractivity contribution in [2.24, 2.45) is 5.92 Å². The summed E-state index contributed by atoms with van der Waals surface area (Å²) in [5.74, 6) is -0.873. The van der Waals surface area contributed by atoms with Gasteiger partial charge in [-0.15, -0.1) is 0 Å². The van der Waals surface area contributed by atoms with E-state index in [0.29, 0.717) is 28.3 Å². The number of carbonyl (C=O) groups is 1. The molecule has 1 aliphatic carbocycles. The molecule has 0 bridgehead atoms. The summed E-state index contributed by atoms with van der Waals surface area (Å²) in [6.07, 6.45) is 2.70. The molecule has 0 unspecified atom stereocenters. The van der Waals surface area contributed by atoms with Crippen LogP contribution in [0.3, 0.4) is 0 Å². The highest BCUT2D eigenvalue weighted by Gasteiger charge is 2.32. The standard InChI is InChI=1S/C22H23Cl2FN2O4S/c1-32(29,30)26-22(28)19-7-18(15-2-3-15)21(8-20(19)25)31-12-14-10-27(11-14)9-13-4-16(23)6-17(24)5-13/h4-8,14-15H,2-3,9-12H2,1H3,(H,26,28). The Hall–Kier alpha value is -1.87. The lowest BCUT2D eigenvalue weighted by molar-refractivity contribution is 0.0554. The zero-order valence-corrected chi connectivity index (χ0v) is 19.7. The Morgan fingerprint density at radius 1 is 1.16 bits per heavy atom. The maximum atomic E-state index is 14.6. The molecule has 1 N–H and O–H groups in total. The van der Waals surface area contributed by atoms with Gasteiger partial charge in [-0.2, -0.15) is 0 Å². The van der Waals surface area contributed by atoms with E-state index < -0.39 is 21.7 Å². The van der Waals surface area contributed by atoms with Crippen molar-refractivity contribution in [1.29, 1.82) is 0 Å². The normalized spacial score (nSPS) is 17.1. The van der Waals surface area contributed by atoms with Crippen LogP contribution in [0, 0.1) is 11.7 Å². The van der Waals surface area contributed by atoms with E-state index in [1.807, 2.05) is 16.9 Å². The fourth-order valence-corrected chi connectivity index (χ4v) is 4.90. The molecule has 1 saturated heterocycles. The Balaban J connectivity index is 1.36. The molecule has 10 heteroatoms. The van der Waals surface area contributed by atoms with E-state index in [2.05, 4.69) is 4.90 Å². The molecule has 0 spiro atoms. The molecular formula is C22H23Cl2FN2O4S. The maximum absolute atomic E-state index is 14.6. The van der Waals surface area contributed by atoms with E-state index in [4.69, 9.17) is 27.9 Å². The van der Waals surface area contributed by atoms with Gasteiger partial charge in [0.15, 0.2) is 0 Å². The minimum Gasteiger partial charge on any atom is -0.493 e. The number of benzene rings is 2. The number of amides is 1. The number of hydrogen-bond donors (Lipinski definition) is 1. The molecule has 0 radical (unpaired) electrons. The van der Waals surface area contributed by atoms with Crippen LogP contribution in [0.15, 0.2) is 30.3 Å². The molecule has 0 aromatic heterocycles. The van der Waals surface area contributed by atoms with E-state index in [1.165, 1.54) is 12.1 Å². The Labute approximate surface area is 196 Å². The quantitative estimate of drug-likeness (QED) is 0.587. The van der Waals surface area contributed by atoms with Gasteiger partial charge in [0.2, 0.25) is 10.0 Å². The highest BCUT2D eigenvalue weighted by atomic mass is 35.5. The maximum Gasteiger partial charge on any atom is 0.267 e. The summed E-state index contributed by atoms with van der Waals surface area (Å²) in [4.78, 5) is 14.4. The van der Waals surface area contributed by atoms with Crippen molar-refractivity contribution in [2.75, 3.05) is 26.0 Å². The zero-order valence-electron chi connectivity index (χ0n) is 17.4. The SMILES string of the molecule is CS(=O)(=O)NC(=O)c1cc(C2CC2)c(OCC2CN(Cc3cc(Cl)cc(Cl)c3)C2)cc1F. The number of ether oxygens (including phenoxy) is 1. The average molecular weight is 501 g/mol. The van der Waals surface area contributed by atoms with Gasteiger partial charge in [-0.1, -0.05) is 23.2 Å². The Kier molecular flexibility index (Phi) is 6.68. The number of rotatable bonds is 8. The number of likely N-dealkylation sites (tertiary alicyclic amines) is 1. The fraction of sp³-hybridized carbons (Fsp3) is 0.409. The van der Waals surface area contributed by atoms with Gasteiger partial charge in [-0.25, -0.2) is 17.5 Å². The van der Waals surface area contributed by atoms with Crippen molar-refractivity contribution in [2.45, 2.75) is 25.3 Å². The Morgan fingerprint density at radius 2 is 1.81 bits per heavy atom. The van der Waals surface area contributed by atoms with Crippen LogP contribution in [-0.2, 0) is 16.6 Å². The lowest BCUT2D eigenvalue weighted by Gasteiger charge is -2.39. The predicted octanol–water partition coefficient (Wildman–Crippen LogP) is 4.21. The molecule has 1 aliphatic heterocycles. The second-order valence-corrected chi connectivity index (χ2v) is 11.1. The summed E-state index contributed by atoms with van der Waals surface area (Å²) >= 11 is 12.1. The molecule has 2 aromatic carbocycles. The smallest absolute Gasteiger partial charge is 0.267 e. The van der Waals surface area contributed by atoms with Crippen molar-refractivity contribution in [3.63, 3.8) is 0 Å². The van der Waals surface area contributed by atoms with Crippen molar-refractivity contribution < 1.29 is 22.3 Å². The molecular weight excluding hydrogens is 478 g/mol. The van der Waals surface area contributed by atoms with Crippen molar-refractivity contribution in [1.82, 2.24) is 9.62 Å². The van der Waals surface area contributed by atoms with Crippen LogP contribution in [-0.4, -0.2) is 45.2 Å². The van der Waals surface area contributed by atoms with Crippen molar-refractivity contribution in [3.05, 3.63) is 62.9 Å². The highest BCUT2D eigenvalue weighted by molar-refractivity contribution is 7.89. The van der Waals surface area contributed by atoms with Gasteiger partial charge in [-0.05, 0) is 54.2 Å². The largest absolute Gasteiger partial charge is 0.493 e. The van der Waals surface area contributed by atoms with E-state index >= 15 is 0 Å². The van der Waals surface area contributed by atoms with Crippen LogP contribution in [0.4, 0.5) is 4.39 Å². The highest BCUT2D eigenvalue weighted by Crippen LogP contribution is 2.45. The zero-order chi connectivity index (χ0) is 23.0. The molecule has 0 atom stereocenters. The second kappa shape index (κ2) is 9.17. The summed E-state index contributed by atoms with van der Waals surface area (Å²) in [5, 5.41) is 1.22. The number of nitrogens with zero attached hydrogens (tertiary/aromatic N) is 1.